The number of aromatic nitrogens is 2. The third kappa shape index (κ3) is 6.95. The van der Waals surface area contributed by atoms with Crippen LogP contribution < -0.4 is 10.6 Å². The molecule has 2 N–H and O–H groups in total. The van der Waals surface area contributed by atoms with E-state index >= 15 is 0 Å². The Balaban J connectivity index is 1.13. The lowest BCUT2D eigenvalue weighted by Crippen LogP contribution is -2.36. The molecule has 1 aromatic heterocycles. The van der Waals surface area contributed by atoms with Crippen molar-refractivity contribution in [1.82, 2.24) is 20.4 Å². The summed E-state index contributed by atoms with van der Waals surface area (Å²) < 4.78 is 0. The molecule has 2 aromatic carbocycles. The molecule has 0 atom stereocenters. The lowest BCUT2D eigenvalue weighted by Gasteiger charge is -2.32. The Labute approximate surface area is 204 Å². The molecule has 1 fully saturated rings. The number of piperidine rings is 1. The van der Waals surface area contributed by atoms with Crippen LogP contribution >= 0.6 is 11.3 Å². The van der Waals surface area contributed by atoms with Gasteiger partial charge in [0.25, 0.3) is 11.8 Å². The molecule has 34 heavy (non-hydrogen) atoms. The van der Waals surface area contributed by atoms with E-state index in [1.807, 2.05) is 31.2 Å². The number of hydrogen-bond donors (Lipinski definition) is 2. The number of rotatable bonds is 9. The first kappa shape index (κ1) is 24.0. The quantitative estimate of drug-likeness (QED) is 0.452. The lowest BCUT2D eigenvalue weighted by molar-refractivity contribution is 0.0948. The first-order valence-corrected chi connectivity index (χ1v) is 12.6. The van der Waals surface area contributed by atoms with E-state index in [-0.39, 0.29) is 21.8 Å². The van der Waals surface area contributed by atoms with Crippen LogP contribution in [-0.2, 0) is 6.42 Å². The molecular formula is C26H31N5O2S. The summed E-state index contributed by atoms with van der Waals surface area (Å²) in [5.74, 6) is 0.109. The van der Waals surface area contributed by atoms with E-state index < -0.39 is 0 Å². The Hall–Kier alpha value is -3.10. The molecule has 178 valence electrons. The monoisotopic (exact) mass is 477 g/mol. The average molecular weight is 478 g/mol. The summed E-state index contributed by atoms with van der Waals surface area (Å²) >= 11 is 1.00. The van der Waals surface area contributed by atoms with Gasteiger partial charge in [-0.2, -0.15) is 0 Å². The maximum atomic E-state index is 12.4. The van der Waals surface area contributed by atoms with Gasteiger partial charge in [0.1, 0.15) is 0 Å². The third-order valence-electron chi connectivity index (χ3n) is 6.13. The molecule has 0 unspecified atom stereocenters. The average Bonchev–Trinajstić information content (AvgIpc) is 3.36. The normalized spacial score (nSPS) is 14.6. The van der Waals surface area contributed by atoms with Crippen LogP contribution in [0.25, 0.3) is 0 Å². The summed E-state index contributed by atoms with van der Waals surface area (Å²) in [6, 6.07) is 18.2. The second-order valence-electron chi connectivity index (χ2n) is 8.82. The summed E-state index contributed by atoms with van der Waals surface area (Å²) in [6.45, 7) is 5.75. The van der Waals surface area contributed by atoms with E-state index in [4.69, 9.17) is 0 Å². The van der Waals surface area contributed by atoms with Crippen molar-refractivity contribution >= 4 is 28.8 Å². The SMILES string of the molecule is Cc1ccc(NC(=O)c2nnc(C(=O)NCCCN3CCC(Cc4ccccc4)CC3)s2)cc1. The van der Waals surface area contributed by atoms with Crippen molar-refractivity contribution in [3.63, 3.8) is 0 Å². The molecule has 0 saturated carbocycles. The Morgan fingerprint density at radius 1 is 0.971 bits per heavy atom. The molecule has 8 heteroatoms. The highest BCUT2D eigenvalue weighted by Crippen LogP contribution is 2.21. The first-order valence-electron chi connectivity index (χ1n) is 11.8. The summed E-state index contributed by atoms with van der Waals surface area (Å²) in [4.78, 5) is 27.2. The molecule has 0 radical (unpaired) electrons. The zero-order valence-corrected chi connectivity index (χ0v) is 20.3. The Morgan fingerprint density at radius 2 is 1.65 bits per heavy atom. The molecule has 0 spiro atoms. The second-order valence-corrected chi connectivity index (χ2v) is 9.79. The van der Waals surface area contributed by atoms with E-state index in [1.165, 1.54) is 18.4 Å². The second kappa shape index (κ2) is 11.9. The van der Waals surface area contributed by atoms with Crippen LogP contribution in [-0.4, -0.2) is 53.1 Å². The van der Waals surface area contributed by atoms with Gasteiger partial charge in [-0.3, -0.25) is 9.59 Å². The van der Waals surface area contributed by atoms with Gasteiger partial charge in [-0.1, -0.05) is 59.4 Å². The van der Waals surface area contributed by atoms with Crippen molar-refractivity contribution in [2.75, 3.05) is 31.5 Å². The lowest BCUT2D eigenvalue weighted by atomic mass is 9.90. The van der Waals surface area contributed by atoms with Gasteiger partial charge in [0, 0.05) is 12.2 Å². The first-order chi connectivity index (χ1) is 16.6. The molecule has 3 aromatic rings. The van der Waals surface area contributed by atoms with Crippen molar-refractivity contribution < 1.29 is 9.59 Å². The minimum absolute atomic E-state index is 0.170. The van der Waals surface area contributed by atoms with Gasteiger partial charge in [-0.25, -0.2) is 0 Å². The number of amides is 2. The molecule has 2 heterocycles. The smallest absolute Gasteiger partial charge is 0.286 e. The fourth-order valence-electron chi connectivity index (χ4n) is 4.17. The number of nitrogens with one attached hydrogen (secondary N) is 2. The van der Waals surface area contributed by atoms with Crippen LogP contribution in [0.15, 0.2) is 54.6 Å². The van der Waals surface area contributed by atoms with Crippen LogP contribution in [0.5, 0.6) is 0 Å². The minimum atomic E-state index is -0.365. The maximum absolute atomic E-state index is 12.4. The third-order valence-corrected chi connectivity index (χ3v) is 7.05. The molecule has 1 saturated heterocycles. The van der Waals surface area contributed by atoms with Crippen LogP contribution in [0, 0.1) is 12.8 Å². The van der Waals surface area contributed by atoms with E-state index in [2.05, 4.69) is 56.1 Å². The Kier molecular flexibility index (Phi) is 8.38. The fraction of sp³-hybridized carbons (Fsp3) is 0.385. The van der Waals surface area contributed by atoms with Crippen LogP contribution in [0.4, 0.5) is 5.69 Å². The number of likely N-dealkylation sites (tertiary alicyclic amines) is 1. The molecule has 2 amide bonds. The zero-order chi connectivity index (χ0) is 23.8. The van der Waals surface area contributed by atoms with Crippen molar-refractivity contribution in [2.24, 2.45) is 5.92 Å². The highest BCUT2D eigenvalue weighted by molar-refractivity contribution is 7.15. The van der Waals surface area contributed by atoms with Crippen molar-refractivity contribution in [2.45, 2.75) is 32.6 Å². The van der Waals surface area contributed by atoms with Gasteiger partial charge >= 0.3 is 0 Å². The van der Waals surface area contributed by atoms with E-state index in [0.29, 0.717) is 12.2 Å². The standard InChI is InChI=1S/C26H31N5O2S/c1-19-8-10-22(11-9-19)28-24(33)26-30-29-25(34-26)23(32)27-14-5-15-31-16-12-21(13-17-31)18-20-6-3-2-4-7-20/h2-4,6-11,21H,5,12-18H2,1H3,(H,27,32)(H,28,33). The number of carbonyl (C=O) groups excluding carboxylic acids is 2. The van der Waals surface area contributed by atoms with Gasteiger partial charge in [-0.15, -0.1) is 10.2 Å². The topological polar surface area (TPSA) is 87.2 Å². The zero-order valence-electron chi connectivity index (χ0n) is 19.5. The number of nitrogens with zero attached hydrogens (tertiary/aromatic N) is 3. The predicted octanol–water partition coefficient (Wildman–Crippen LogP) is 4.17. The minimum Gasteiger partial charge on any atom is -0.350 e. The van der Waals surface area contributed by atoms with Gasteiger partial charge < -0.3 is 15.5 Å². The molecule has 7 nitrogen and oxygen atoms in total. The highest BCUT2D eigenvalue weighted by atomic mass is 32.1. The van der Waals surface area contributed by atoms with Gasteiger partial charge in [0.05, 0.1) is 0 Å². The van der Waals surface area contributed by atoms with Crippen molar-refractivity contribution in [3.05, 3.63) is 75.7 Å². The maximum Gasteiger partial charge on any atom is 0.286 e. The van der Waals surface area contributed by atoms with Gasteiger partial charge in [-0.05, 0) is 75.9 Å². The van der Waals surface area contributed by atoms with Crippen LogP contribution in [0.3, 0.4) is 0 Å². The Bertz CT molecular complexity index is 1080. The number of anilines is 1. The van der Waals surface area contributed by atoms with Gasteiger partial charge in [0.15, 0.2) is 0 Å². The van der Waals surface area contributed by atoms with E-state index in [1.54, 1.807) is 0 Å². The molecule has 0 bridgehead atoms. The van der Waals surface area contributed by atoms with Crippen molar-refractivity contribution in [1.29, 1.82) is 0 Å². The van der Waals surface area contributed by atoms with Crippen molar-refractivity contribution in [3.8, 4) is 0 Å². The van der Waals surface area contributed by atoms with E-state index in [9.17, 15) is 9.59 Å². The van der Waals surface area contributed by atoms with Gasteiger partial charge in [0.2, 0.25) is 10.0 Å². The number of benzene rings is 2. The van der Waals surface area contributed by atoms with Crippen LogP contribution in [0.2, 0.25) is 0 Å². The number of hydrogen-bond acceptors (Lipinski definition) is 6. The number of aryl methyl sites for hydroxylation is 1. The highest BCUT2D eigenvalue weighted by Gasteiger charge is 2.20. The number of carbonyl (C=O) groups is 2. The fourth-order valence-corrected chi connectivity index (χ4v) is 4.83. The molecule has 4 rings (SSSR count). The Morgan fingerprint density at radius 3 is 2.35 bits per heavy atom. The molecular weight excluding hydrogens is 446 g/mol. The largest absolute Gasteiger partial charge is 0.350 e. The predicted molar refractivity (Wildman–Crippen MR) is 135 cm³/mol. The van der Waals surface area contributed by atoms with E-state index in [0.717, 1.165) is 55.3 Å². The molecule has 1 aliphatic rings. The summed E-state index contributed by atoms with van der Waals surface area (Å²) in [7, 11) is 0. The molecule has 0 aliphatic carbocycles. The summed E-state index contributed by atoms with van der Waals surface area (Å²) in [5, 5.41) is 13.8. The summed E-state index contributed by atoms with van der Waals surface area (Å²) in [5.41, 5.74) is 3.22. The molecule has 1 aliphatic heterocycles. The summed E-state index contributed by atoms with van der Waals surface area (Å²) in [6.07, 6.45) is 4.49. The van der Waals surface area contributed by atoms with Crippen LogP contribution in [0.1, 0.15) is 50.0 Å².